The van der Waals surface area contributed by atoms with Gasteiger partial charge in [0.05, 0.1) is 5.69 Å². The number of fused-ring (bicyclic) bond motifs is 1. The molecule has 3 N–H and O–H groups in total. The minimum absolute atomic E-state index is 0.0925. The van der Waals surface area contributed by atoms with E-state index in [1.807, 2.05) is 10.7 Å². The van der Waals surface area contributed by atoms with Gasteiger partial charge in [-0.15, -0.1) is 0 Å². The summed E-state index contributed by atoms with van der Waals surface area (Å²) in [6.07, 6.45) is 3.03. The molecule has 0 aliphatic carbocycles. The molecule has 0 radical (unpaired) electrons. The Hall–Kier alpha value is -2.90. The summed E-state index contributed by atoms with van der Waals surface area (Å²) in [5.41, 5.74) is 7.28. The molecule has 3 rings (SSSR count). The maximum Gasteiger partial charge on any atom is 0.263 e. The topological polar surface area (TPSA) is 112 Å². The van der Waals surface area contributed by atoms with Crippen molar-refractivity contribution in [1.82, 2.24) is 14.3 Å². The van der Waals surface area contributed by atoms with Gasteiger partial charge in [0, 0.05) is 43.5 Å². The van der Waals surface area contributed by atoms with E-state index in [2.05, 4.69) is 10.4 Å². The second kappa shape index (κ2) is 6.19. The molecule has 0 bridgehead atoms. The summed E-state index contributed by atoms with van der Waals surface area (Å²) in [6, 6.07) is 1.91. The van der Waals surface area contributed by atoms with Crippen LogP contribution in [-0.2, 0) is 24.8 Å². The van der Waals surface area contributed by atoms with E-state index in [-0.39, 0.29) is 17.4 Å². The first kappa shape index (κ1) is 16.9. The lowest BCUT2D eigenvalue weighted by molar-refractivity contribution is -0.120. The lowest BCUT2D eigenvalue weighted by Gasteiger charge is -2.24. The lowest BCUT2D eigenvalue weighted by atomic mass is 9.95. The van der Waals surface area contributed by atoms with E-state index in [1.54, 1.807) is 27.1 Å². The molecule has 2 aromatic rings. The molecule has 132 valence electrons. The Bertz CT molecular complexity index is 925. The summed E-state index contributed by atoms with van der Waals surface area (Å²) in [4.78, 5) is 36.6. The Morgan fingerprint density at radius 1 is 1.36 bits per heavy atom. The number of nitrogens with two attached hydrogens (primary N) is 1. The van der Waals surface area contributed by atoms with Crippen molar-refractivity contribution in [3.63, 3.8) is 0 Å². The summed E-state index contributed by atoms with van der Waals surface area (Å²) in [5, 5.41) is 7.11. The Morgan fingerprint density at radius 2 is 2.08 bits per heavy atom. The molecular formula is C17H21N5O3. The zero-order valence-electron chi connectivity index (χ0n) is 14.5. The van der Waals surface area contributed by atoms with Gasteiger partial charge in [-0.25, -0.2) is 0 Å². The molecule has 1 aliphatic rings. The van der Waals surface area contributed by atoms with Gasteiger partial charge >= 0.3 is 0 Å². The molecule has 0 saturated carbocycles. The molecule has 0 aromatic carbocycles. The van der Waals surface area contributed by atoms with E-state index in [9.17, 15) is 14.4 Å². The third-order valence-electron chi connectivity index (χ3n) is 4.95. The molecule has 8 heteroatoms. The SMILES string of the molecule is Cc1c(NC(=O)C2CCn3nccc3C2)c(C)n(C)c(=O)c1C(N)=O. The fourth-order valence-electron chi connectivity index (χ4n) is 3.34. The van der Waals surface area contributed by atoms with Crippen LogP contribution in [0.2, 0.25) is 0 Å². The van der Waals surface area contributed by atoms with Crippen molar-refractivity contribution in [3.8, 4) is 0 Å². The summed E-state index contributed by atoms with van der Waals surface area (Å²) < 4.78 is 3.23. The number of aromatic nitrogens is 3. The van der Waals surface area contributed by atoms with E-state index in [0.29, 0.717) is 36.3 Å². The molecule has 25 heavy (non-hydrogen) atoms. The standard InChI is InChI=1S/C17H21N5O3/c1-9-13(15(18)23)17(25)21(3)10(2)14(9)20-16(24)11-5-7-22-12(8-11)4-6-19-22/h4,6,11H,5,7-8H2,1-3H3,(H2,18,23)(H,20,24). The van der Waals surface area contributed by atoms with Crippen LogP contribution in [0, 0.1) is 19.8 Å². The molecule has 2 aromatic heterocycles. The number of carbonyl (C=O) groups excluding carboxylic acids is 2. The third kappa shape index (κ3) is 2.84. The van der Waals surface area contributed by atoms with Crippen LogP contribution in [-0.4, -0.2) is 26.2 Å². The smallest absolute Gasteiger partial charge is 0.263 e. The van der Waals surface area contributed by atoms with Crippen molar-refractivity contribution in [3.05, 3.63) is 45.1 Å². The maximum atomic E-state index is 12.7. The first-order valence-electron chi connectivity index (χ1n) is 8.12. The second-order valence-electron chi connectivity index (χ2n) is 6.41. The van der Waals surface area contributed by atoms with Crippen molar-refractivity contribution >= 4 is 17.5 Å². The fourth-order valence-corrected chi connectivity index (χ4v) is 3.34. The zero-order chi connectivity index (χ0) is 18.3. The number of amides is 2. The first-order valence-corrected chi connectivity index (χ1v) is 8.12. The Labute approximate surface area is 144 Å². The number of rotatable bonds is 3. The molecule has 0 saturated heterocycles. The summed E-state index contributed by atoms with van der Waals surface area (Å²) in [6.45, 7) is 4.04. The number of pyridine rings is 1. The Balaban J connectivity index is 1.92. The van der Waals surface area contributed by atoms with Crippen molar-refractivity contribution < 1.29 is 9.59 Å². The van der Waals surface area contributed by atoms with Gasteiger partial charge in [-0.1, -0.05) is 0 Å². The summed E-state index contributed by atoms with van der Waals surface area (Å²) >= 11 is 0. The maximum absolute atomic E-state index is 12.7. The Kier molecular flexibility index (Phi) is 4.20. The van der Waals surface area contributed by atoms with Crippen LogP contribution in [0.1, 0.15) is 33.7 Å². The van der Waals surface area contributed by atoms with Crippen molar-refractivity contribution in [1.29, 1.82) is 0 Å². The van der Waals surface area contributed by atoms with Crippen LogP contribution in [0.3, 0.4) is 0 Å². The lowest BCUT2D eigenvalue weighted by Crippen LogP contribution is -2.34. The highest BCUT2D eigenvalue weighted by atomic mass is 16.2. The van der Waals surface area contributed by atoms with E-state index in [1.165, 1.54) is 4.57 Å². The predicted molar refractivity (Wildman–Crippen MR) is 92.3 cm³/mol. The monoisotopic (exact) mass is 343 g/mol. The number of aryl methyl sites for hydroxylation is 1. The number of nitrogens with zero attached hydrogens (tertiary/aromatic N) is 3. The van der Waals surface area contributed by atoms with Crippen LogP contribution in [0.25, 0.3) is 0 Å². The molecule has 0 spiro atoms. The minimum Gasteiger partial charge on any atom is -0.365 e. The third-order valence-corrected chi connectivity index (χ3v) is 4.95. The van der Waals surface area contributed by atoms with Crippen LogP contribution in [0.15, 0.2) is 17.1 Å². The Morgan fingerprint density at radius 3 is 2.76 bits per heavy atom. The van der Waals surface area contributed by atoms with Gasteiger partial charge in [0.1, 0.15) is 5.56 Å². The van der Waals surface area contributed by atoms with Gasteiger partial charge in [0.15, 0.2) is 0 Å². The quantitative estimate of drug-likeness (QED) is 0.845. The molecular weight excluding hydrogens is 322 g/mol. The van der Waals surface area contributed by atoms with Gasteiger partial charge in [-0.3, -0.25) is 19.1 Å². The molecule has 0 fully saturated rings. The minimum atomic E-state index is -0.796. The van der Waals surface area contributed by atoms with Crippen molar-refractivity contribution in [2.45, 2.75) is 33.2 Å². The normalized spacial score (nSPS) is 16.4. The van der Waals surface area contributed by atoms with Gasteiger partial charge < -0.3 is 15.6 Å². The number of hydrogen-bond acceptors (Lipinski definition) is 4. The number of hydrogen-bond donors (Lipinski definition) is 2. The van der Waals surface area contributed by atoms with Gasteiger partial charge in [0.25, 0.3) is 11.5 Å². The molecule has 1 atom stereocenters. The molecule has 8 nitrogen and oxygen atoms in total. The van der Waals surface area contributed by atoms with E-state index in [0.717, 1.165) is 5.69 Å². The highest BCUT2D eigenvalue weighted by Gasteiger charge is 2.27. The largest absolute Gasteiger partial charge is 0.365 e. The van der Waals surface area contributed by atoms with Crippen LogP contribution in [0.4, 0.5) is 5.69 Å². The highest BCUT2D eigenvalue weighted by molar-refractivity contribution is 5.99. The van der Waals surface area contributed by atoms with Gasteiger partial charge in [-0.05, 0) is 31.9 Å². The van der Waals surface area contributed by atoms with Crippen LogP contribution < -0.4 is 16.6 Å². The van der Waals surface area contributed by atoms with Crippen molar-refractivity contribution in [2.24, 2.45) is 18.7 Å². The molecule has 1 aliphatic heterocycles. The summed E-state index contributed by atoms with van der Waals surface area (Å²) in [5.74, 6) is -1.11. The number of nitrogens with one attached hydrogen (secondary N) is 1. The summed E-state index contributed by atoms with van der Waals surface area (Å²) in [7, 11) is 1.55. The van der Waals surface area contributed by atoms with Crippen LogP contribution in [0.5, 0.6) is 0 Å². The van der Waals surface area contributed by atoms with E-state index < -0.39 is 11.5 Å². The molecule has 1 unspecified atom stereocenters. The molecule has 2 amide bonds. The molecule has 3 heterocycles. The predicted octanol–water partition coefficient (Wildman–Crippen LogP) is 0.499. The number of primary amides is 1. The van der Waals surface area contributed by atoms with Crippen LogP contribution >= 0.6 is 0 Å². The zero-order valence-corrected chi connectivity index (χ0v) is 14.5. The number of anilines is 1. The van der Waals surface area contributed by atoms with E-state index >= 15 is 0 Å². The fraction of sp³-hybridized carbons (Fsp3) is 0.412. The van der Waals surface area contributed by atoms with Crippen molar-refractivity contribution in [2.75, 3.05) is 5.32 Å². The average molecular weight is 343 g/mol. The van der Waals surface area contributed by atoms with Gasteiger partial charge in [-0.2, -0.15) is 5.10 Å². The second-order valence-corrected chi connectivity index (χ2v) is 6.41. The number of carbonyl (C=O) groups is 2. The first-order chi connectivity index (χ1) is 11.8. The van der Waals surface area contributed by atoms with Gasteiger partial charge in [0.2, 0.25) is 5.91 Å². The average Bonchev–Trinajstić information content (AvgIpc) is 3.04. The highest BCUT2D eigenvalue weighted by Crippen LogP contribution is 2.25. The van der Waals surface area contributed by atoms with E-state index in [4.69, 9.17) is 5.73 Å².